The van der Waals surface area contributed by atoms with Gasteiger partial charge in [0.1, 0.15) is 12.6 Å². The van der Waals surface area contributed by atoms with Gasteiger partial charge in [0.05, 0.1) is 7.11 Å². The highest BCUT2D eigenvalue weighted by atomic mass is 28.4. The lowest BCUT2D eigenvalue weighted by Gasteiger charge is -2.36. The number of methoxy groups -OCH3 is 1. The van der Waals surface area contributed by atoms with Crippen LogP contribution in [0.15, 0.2) is 0 Å². The summed E-state index contributed by atoms with van der Waals surface area (Å²) in [5, 5.41) is 2.73. The normalized spacial score (nSPS) is 13.6. The van der Waals surface area contributed by atoms with Gasteiger partial charge in [-0.1, -0.05) is 20.8 Å². The van der Waals surface area contributed by atoms with Gasteiger partial charge in [-0.05, 0) is 25.1 Å². The number of carbonyl (C=O) groups excluding carboxylic acids is 2. The zero-order valence-corrected chi connectivity index (χ0v) is 15.9. The summed E-state index contributed by atoms with van der Waals surface area (Å²) >= 11 is 0. The molecule has 0 rings (SSSR count). The molecule has 1 N–H and O–H groups in total. The van der Waals surface area contributed by atoms with E-state index in [0.29, 0.717) is 19.6 Å². The average Bonchev–Trinajstić information content (AvgIpc) is 2.41. The second kappa shape index (κ2) is 9.27. The zero-order valence-electron chi connectivity index (χ0n) is 14.9. The largest absolute Gasteiger partial charge is 0.467 e. The molecule has 0 aromatic rings. The number of esters is 1. The molecule has 7 heteroatoms. The summed E-state index contributed by atoms with van der Waals surface area (Å²) in [5.41, 5.74) is 0. The topological polar surface area (TPSA) is 73.9 Å². The van der Waals surface area contributed by atoms with Gasteiger partial charge in [-0.2, -0.15) is 0 Å². The van der Waals surface area contributed by atoms with Crippen LogP contribution in [0.4, 0.5) is 0 Å². The maximum atomic E-state index is 11.8. The molecule has 0 aliphatic heterocycles. The molecule has 0 aliphatic rings. The predicted octanol–water partition coefficient (Wildman–Crippen LogP) is 2.09. The van der Waals surface area contributed by atoms with Crippen molar-refractivity contribution in [1.82, 2.24) is 5.32 Å². The number of nitrogens with one attached hydrogen (secondary N) is 1. The first-order valence-electron chi connectivity index (χ1n) is 7.64. The molecule has 0 radical (unpaired) electrons. The fourth-order valence-electron chi connectivity index (χ4n) is 1.47. The molecule has 22 heavy (non-hydrogen) atoms. The smallest absolute Gasteiger partial charge is 0.328 e. The van der Waals surface area contributed by atoms with E-state index in [1.54, 1.807) is 6.92 Å². The van der Waals surface area contributed by atoms with Crippen LogP contribution in [0.5, 0.6) is 0 Å². The Kier molecular flexibility index (Phi) is 8.88. The molecule has 0 unspecified atom stereocenters. The van der Waals surface area contributed by atoms with E-state index in [1.165, 1.54) is 7.11 Å². The Labute approximate surface area is 135 Å². The number of amides is 1. The summed E-state index contributed by atoms with van der Waals surface area (Å²) in [5.74, 6) is -0.798. The molecule has 130 valence electrons. The van der Waals surface area contributed by atoms with Crippen LogP contribution >= 0.6 is 0 Å². The van der Waals surface area contributed by atoms with E-state index in [2.05, 4.69) is 39.2 Å². The lowest BCUT2D eigenvalue weighted by molar-refractivity contribution is -0.146. The van der Waals surface area contributed by atoms with Crippen molar-refractivity contribution in [3.05, 3.63) is 0 Å². The first kappa shape index (κ1) is 21.1. The molecule has 1 atom stereocenters. The molecule has 6 nitrogen and oxygen atoms in total. The van der Waals surface area contributed by atoms with E-state index in [-0.39, 0.29) is 17.6 Å². The van der Waals surface area contributed by atoms with Gasteiger partial charge in [0.2, 0.25) is 5.91 Å². The Bertz CT molecular complexity index is 365. The van der Waals surface area contributed by atoms with E-state index < -0.39 is 20.3 Å². The number of rotatable bonds is 9. The van der Waals surface area contributed by atoms with Crippen molar-refractivity contribution < 1.29 is 23.5 Å². The third-order valence-electron chi connectivity index (χ3n) is 3.93. The summed E-state index contributed by atoms with van der Waals surface area (Å²) in [4.78, 5) is 23.4. The maximum Gasteiger partial charge on any atom is 0.328 e. The average molecular weight is 334 g/mol. The van der Waals surface area contributed by atoms with Gasteiger partial charge < -0.3 is 19.2 Å². The van der Waals surface area contributed by atoms with E-state index in [9.17, 15) is 9.59 Å². The Balaban J connectivity index is 4.50. The van der Waals surface area contributed by atoms with Crippen molar-refractivity contribution >= 4 is 20.2 Å². The molecule has 0 fully saturated rings. The first-order chi connectivity index (χ1) is 10.0. The minimum Gasteiger partial charge on any atom is -0.467 e. The van der Waals surface area contributed by atoms with Gasteiger partial charge in [0.15, 0.2) is 8.32 Å². The number of carbonyl (C=O) groups is 2. The van der Waals surface area contributed by atoms with Crippen LogP contribution in [0.2, 0.25) is 18.1 Å². The number of hydrogen-bond donors (Lipinski definition) is 1. The lowest BCUT2D eigenvalue weighted by atomic mass is 10.2. The summed E-state index contributed by atoms with van der Waals surface area (Å²) in [6.45, 7) is 13.4. The Hall–Kier alpha value is -0.923. The fourth-order valence-corrected chi connectivity index (χ4v) is 2.53. The Morgan fingerprint density at radius 2 is 1.82 bits per heavy atom. The van der Waals surface area contributed by atoms with Crippen LogP contribution in [0.25, 0.3) is 0 Å². The quantitative estimate of drug-likeness (QED) is 0.517. The van der Waals surface area contributed by atoms with Crippen molar-refractivity contribution in [3.8, 4) is 0 Å². The van der Waals surface area contributed by atoms with Crippen LogP contribution in [0.3, 0.4) is 0 Å². The standard InChI is InChI=1S/C15H31NO5Si/c1-8-20-11-13(17)16-12(14(18)19-5)9-10-21-22(6,7)15(2,3)4/h12H,8-11H2,1-7H3,(H,16,17)/t12-/m0/s1. The van der Waals surface area contributed by atoms with E-state index >= 15 is 0 Å². The highest BCUT2D eigenvalue weighted by molar-refractivity contribution is 6.74. The highest BCUT2D eigenvalue weighted by Gasteiger charge is 2.37. The third-order valence-corrected chi connectivity index (χ3v) is 8.47. The van der Waals surface area contributed by atoms with Crippen molar-refractivity contribution in [2.24, 2.45) is 0 Å². The van der Waals surface area contributed by atoms with Crippen molar-refractivity contribution in [2.75, 3.05) is 26.9 Å². The predicted molar refractivity (Wildman–Crippen MR) is 88.2 cm³/mol. The van der Waals surface area contributed by atoms with E-state index in [4.69, 9.17) is 13.9 Å². The van der Waals surface area contributed by atoms with Crippen LogP contribution in [0, 0.1) is 0 Å². The first-order valence-corrected chi connectivity index (χ1v) is 10.5. The summed E-state index contributed by atoms with van der Waals surface area (Å²) in [6.07, 6.45) is 0.386. The molecule has 0 heterocycles. The van der Waals surface area contributed by atoms with Crippen LogP contribution in [0.1, 0.15) is 34.1 Å². The lowest BCUT2D eigenvalue weighted by Crippen LogP contribution is -2.46. The molecule has 0 aromatic heterocycles. The van der Waals surface area contributed by atoms with Crippen molar-refractivity contribution in [1.29, 1.82) is 0 Å². The van der Waals surface area contributed by atoms with Gasteiger partial charge in [-0.15, -0.1) is 0 Å². The number of hydrogen-bond acceptors (Lipinski definition) is 5. The minimum atomic E-state index is -1.87. The summed E-state index contributed by atoms with van der Waals surface area (Å²) in [6, 6.07) is -0.706. The van der Waals surface area contributed by atoms with E-state index in [1.807, 2.05) is 0 Å². The minimum absolute atomic E-state index is 0.0624. The van der Waals surface area contributed by atoms with Gasteiger partial charge >= 0.3 is 5.97 Å². The summed E-state index contributed by atoms with van der Waals surface area (Å²) in [7, 11) is -0.563. The van der Waals surface area contributed by atoms with Gasteiger partial charge in [-0.25, -0.2) is 4.79 Å². The van der Waals surface area contributed by atoms with Crippen LogP contribution in [-0.2, 0) is 23.5 Å². The molecular weight excluding hydrogens is 302 g/mol. The Morgan fingerprint density at radius 1 is 1.23 bits per heavy atom. The van der Waals surface area contributed by atoms with Gasteiger partial charge in [0.25, 0.3) is 0 Å². The molecule has 0 aliphatic carbocycles. The monoisotopic (exact) mass is 333 g/mol. The van der Waals surface area contributed by atoms with Gasteiger partial charge in [-0.3, -0.25) is 4.79 Å². The summed E-state index contributed by atoms with van der Waals surface area (Å²) < 4.78 is 15.8. The molecule has 1 amide bonds. The molecule has 0 bridgehead atoms. The van der Waals surface area contributed by atoms with Crippen LogP contribution in [-0.4, -0.2) is 53.2 Å². The van der Waals surface area contributed by atoms with Gasteiger partial charge in [0, 0.05) is 19.6 Å². The second-order valence-corrected chi connectivity index (χ2v) is 11.5. The zero-order chi connectivity index (χ0) is 17.4. The second-order valence-electron chi connectivity index (χ2n) is 6.68. The molecule has 0 aromatic carbocycles. The fraction of sp³-hybridized carbons (Fsp3) is 0.867. The molecular formula is C15H31NO5Si. The highest BCUT2D eigenvalue weighted by Crippen LogP contribution is 2.36. The maximum absolute atomic E-state index is 11.8. The Morgan fingerprint density at radius 3 is 2.27 bits per heavy atom. The SMILES string of the molecule is CCOCC(=O)N[C@@H](CCO[Si](C)(C)C(C)(C)C)C(=O)OC. The van der Waals surface area contributed by atoms with Crippen molar-refractivity contribution in [3.63, 3.8) is 0 Å². The van der Waals surface area contributed by atoms with E-state index in [0.717, 1.165) is 0 Å². The number of ether oxygens (including phenoxy) is 2. The third kappa shape index (κ3) is 7.37. The molecule has 0 saturated carbocycles. The molecule has 0 saturated heterocycles. The molecule has 0 spiro atoms. The van der Waals surface area contributed by atoms with Crippen molar-refractivity contribution in [2.45, 2.75) is 58.3 Å². The van der Waals surface area contributed by atoms with Crippen LogP contribution < -0.4 is 5.32 Å².